The van der Waals surface area contributed by atoms with Crippen LogP contribution < -0.4 is 10.7 Å². The predicted molar refractivity (Wildman–Crippen MR) is 114 cm³/mol. The number of hydrogen-bond acceptors (Lipinski definition) is 4. The SMILES string of the molecule is Cc1ccc(NC(=S)N/N=C\C=C\c2cn(Cc3ccccc3)nn2)cc1. The van der Waals surface area contributed by atoms with Gasteiger partial charge in [-0.25, -0.2) is 4.68 Å². The van der Waals surface area contributed by atoms with Gasteiger partial charge in [0.2, 0.25) is 0 Å². The van der Waals surface area contributed by atoms with E-state index in [-0.39, 0.29) is 0 Å². The number of aryl methyl sites for hydroxylation is 1. The Kier molecular flexibility index (Phi) is 6.43. The summed E-state index contributed by atoms with van der Waals surface area (Å²) in [6.07, 6.45) is 7.10. The first-order chi connectivity index (χ1) is 13.2. The van der Waals surface area contributed by atoms with E-state index in [1.54, 1.807) is 17.0 Å². The number of allylic oxidation sites excluding steroid dienone is 1. The van der Waals surface area contributed by atoms with Crippen LogP contribution in [0.4, 0.5) is 5.69 Å². The molecule has 0 unspecified atom stereocenters. The second kappa shape index (κ2) is 9.40. The Morgan fingerprint density at radius 3 is 2.70 bits per heavy atom. The topological polar surface area (TPSA) is 67.1 Å². The van der Waals surface area contributed by atoms with Crippen molar-refractivity contribution in [3.63, 3.8) is 0 Å². The number of hydrazone groups is 1. The van der Waals surface area contributed by atoms with Crippen LogP contribution in [0.2, 0.25) is 0 Å². The fourth-order valence-corrected chi connectivity index (χ4v) is 2.48. The van der Waals surface area contributed by atoms with Crippen LogP contribution in [0.25, 0.3) is 6.08 Å². The summed E-state index contributed by atoms with van der Waals surface area (Å²) in [6, 6.07) is 18.1. The average Bonchev–Trinajstić information content (AvgIpc) is 3.11. The predicted octanol–water partition coefficient (Wildman–Crippen LogP) is 3.62. The molecule has 1 aromatic heterocycles. The van der Waals surface area contributed by atoms with Crippen molar-refractivity contribution >= 4 is 35.3 Å². The van der Waals surface area contributed by atoms with Crippen LogP contribution in [0.1, 0.15) is 16.8 Å². The Balaban J connectivity index is 1.44. The van der Waals surface area contributed by atoms with Gasteiger partial charge in [-0.1, -0.05) is 53.2 Å². The van der Waals surface area contributed by atoms with Crippen molar-refractivity contribution in [3.05, 3.63) is 83.7 Å². The fraction of sp³-hybridized carbons (Fsp3) is 0.100. The van der Waals surface area contributed by atoms with Gasteiger partial charge in [-0.05, 0) is 49.0 Å². The number of rotatable bonds is 6. The van der Waals surface area contributed by atoms with Gasteiger partial charge in [0.05, 0.1) is 12.7 Å². The lowest BCUT2D eigenvalue weighted by molar-refractivity contribution is 0.649. The average molecular weight is 376 g/mol. The van der Waals surface area contributed by atoms with Crippen molar-refractivity contribution in [2.75, 3.05) is 5.32 Å². The fourth-order valence-electron chi connectivity index (χ4n) is 2.31. The lowest BCUT2D eigenvalue weighted by Crippen LogP contribution is -2.23. The molecular weight excluding hydrogens is 356 g/mol. The summed E-state index contributed by atoms with van der Waals surface area (Å²) in [5, 5.41) is 15.8. The van der Waals surface area contributed by atoms with E-state index in [0.29, 0.717) is 11.7 Å². The van der Waals surface area contributed by atoms with E-state index in [1.165, 1.54) is 11.1 Å². The Morgan fingerprint density at radius 2 is 1.93 bits per heavy atom. The molecule has 6 nitrogen and oxygen atoms in total. The van der Waals surface area contributed by atoms with E-state index < -0.39 is 0 Å². The maximum atomic E-state index is 5.19. The van der Waals surface area contributed by atoms with Crippen molar-refractivity contribution in [1.29, 1.82) is 0 Å². The molecule has 0 saturated carbocycles. The maximum Gasteiger partial charge on any atom is 0.191 e. The molecule has 0 aliphatic rings. The summed E-state index contributed by atoms with van der Waals surface area (Å²) in [5.41, 5.74) is 6.82. The molecule has 3 rings (SSSR count). The molecule has 0 atom stereocenters. The molecule has 0 amide bonds. The molecular formula is C20H20N6S. The van der Waals surface area contributed by atoms with E-state index in [9.17, 15) is 0 Å². The van der Waals surface area contributed by atoms with E-state index in [0.717, 1.165) is 11.4 Å². The Hall–Kier alpha value is -3.32. The Bertz CT molecular complexity index is 929. The van der Waals surface area contributed by atoms with Gasteiger partial charge in [-0.15, -0.1) is 5.10 Å². The largest absolute Gasteiger partial charge is 0.331 e. The minimum absolute atomic E-state index is 0.428. The summed E-state index contributed by atoms with van der Waals surface area (Å²) in [7, 11) is 0. The first-order valence-corrected chi connectivity index (χ1v) is 8.87. The highest BCUT2D eigenvalue weighted by Gasteiger charge is 1.98. The number of hydrogen-bond donors (Lipinski definition) is 2. The second-order valence-electron chi connectivity index (χ2n) is 5.90. The van der Waals surface area contributed by atoms with Crippen molar-refractivity contribution in [2.24, 2.45) is 5.10 Å². The zero-order valence-electron chi connectivity index (χ0n) is 14.9. The highest BCUT2D eigenvalue weighted by atomic mass is 32.1. The summed E-state index contributed by atoms with van der Waals surface area (Å²) >= 11 is 5.19. The maximum absolute atomic E-state index is 5.19. The van der Waals surface area contributed by atoms with Gasteiger partial charge < -0.3 is 5.32 Å². The standard InChI is InChI=1S/C20H20N6S/c1-16-9-11-18(12-10-16)22-20(27)24-21-13-5-8-19-15-26(25-23-19)14-17-6-3-2-4-7-17/h2-13,15H,14H2,1H3,(H2,22,24,27)/b8-5+,21-13-. The summed E-state index contributed by atoms with van der Waals surface area (Å²) in [6.45, 7) is 2.73. The van der Waals surface area contributed by atoms with E-state index in [2.05, 4.69) is 38.3 Å². The first kappa shape index (κ1) is 18.5. The number of anilines is 1. The molecule has 0 radical (unpaired) electrons. The zero-order valence-corrected chi connectivity index (χ0v) is 15.7. The van der Waals surface area contributed by atoms with Crippen LogP contribution in [-0.2, 0) is 6.54 Å². The van der Waals surface area contributed by atoms with Crippen LogP contribution in [-0.4, -0.2) is 26.3 Å². The third-order valence-electron chi connectivity index (χ3n) is 3.65. The molecule has 2 N–H and O–H groups in total. The van der Waals surface area contributed by atoms with Crippen LogP contribution >= 0.6 is 12.2 Å². The van der Waals surface area contributed by atoms with Gasteiger partial charge >= 0.3 is 0 Å². The van der Waals surface area contributed by atoms with Gasteiger partial charge in [-0.3, -0.25) is 5.43 Å². The minimum atomic E-state index is 0.428. The van der Waals surface area contributed by atoms with Gasteiger partial charge in [0.25, 0.3) is 0 Å². The molecule has 0 aliphatic carbocycles. The normalized spacial score (nSPS) is 11.1. The van der Waals surface area contributed by atoms with Crippen molar-refractivity contribution in [3.8, 4) is 0 Å². The molecule has 0 aliphatic heterocycles. The molecule has 27 heavy (non-hydrogen) atoms. The molecule has 2 aromatic carbocycles. The van der Waals surface area contributed by atoms with Gasteiger partial charge in [-0.2, -0.15) is 5.10 Å². The number of aromatic nitrogens is 3. The van der Waals surface area contributed by atoms with Gasteiger partial charge in [0.15, 0.2) is 5.11 Å². The third-order valence-corrected chi connectivity index (χ3v) is 3.84. The molecule has 136 valence electrons. The molecule has 7 heteroatoms. The monoisotopic (exact) mass is 376 g/mol. The number of nitrogens with one attached hydrogen (secondary N) is 2. The molecule has 0 spiro atoms. The quantitative estimate of drug-likeness (QED) is 0.391. The molecule has 1 heterocycles. The second-order valence-corrected chi connectivity index (χ2v) is 6.30. The first-order valence-electron chi connectivity index (χ1n) is 8.46. The van der Waals surface area contributed by atoms with Crippen LogP contribution in [0.5, 0.6) is 0 Å². The van der Waals surface area contributed by atoms with Crippen LogP contribution in [0.15, 0.2) is 72.0 Å². The van der Waals surface area contributed by atoms with E-state index in [1.807, 2.05) is 61.7 Å². The number of thiocarbonyl (C=S) groups is 1. The highest BCUT2D eigenvalue weighted by Crippen LogP contribution is 2.08. The summed E-state index contributed by atoms with van der Waals surface area (Å²) in [4.78, 5) is 0. The minimum Gasteiger partial charge on any atom is -0.331 e. The molecule has 0 bridgehead atoms. The smallest absolute Gasteiger partial charge is 0.191 e. The van der Waals surface area contributed by atoms with Crippen molar-refractivity contribution in [1.82, 2.24) is 20.4 Å². The lowest BCUT2D eigenvalue weighted by Gasteiger charge is -2.06. The Morgan fingerprint density at radius 1 is 1.15 bits per heavy atom. The van der Waals surface area contributed by atoms with Gasteiger partial charge in [0.1, 0.15) is 5.69 Å². The third kappa shape index (κ3) is 6.16. The number of nitrogens with zero attached hydrogens (tertiary/aromatic N) is 4. The van der Waals surface area contributed by atoms with Crippen LogP contribution in [0.3, 0.4) is 0 Å². The van der Waals surface area contributed by atoms with Crippen molar-refractivity contribution < 1.29 is 0 Å². The van der Waals surface area contributed by atoms with Gasteiger partial charge in [0, 0.05) is 11.9 Å². The molecule has 3 aromatic rings. The lowest BCUT2D eigenvalue weighted by atomic mass is 10.2. The summed E-state index contributed by atoms with van der Waals surface area (Å²) in [5.74, 6) is 0. The van der Waals surface area contributed by atoms with Crippen molar-refractivity contribution in [2.45, 2.75) is 13.5 Å². The van der Waals surface area contributed by atoms with E-state index in [4.69, 9.17) is 12.2 Å². The number of benzene rings is 2. The highest BCUT2D eigenvalue weighted by molar-refractivity contribution is 7.80. The molecule has 0 fully saturated rings. The summed E-state index contributed by atoms with van der Waals surface area (Å²) < 4.78 is 1.80. The van der Waals surface area contributed by atoms with E-state index >= 15 is 0 Å². The van der Waals surface area contributed by atoms with Crippen LogP contribution in [0, 0.1) is 6.92 Å². The Labute approximate surface area is 163 Å². The zero-order chi connectivity index (χ0) is 18.9. The molecule has 0 saturated heterocycles.